The fourth-order valence-electron chi connectivity index (χ4n) is 3.98. The zero-order chi connectivity index (χ0) is 15.9. The van der Waals surface area contributed by atoms with Crippen molar-refractivity contribution in [3.05, 3.63) is 28.5 Å². The zero-order valence-corrected chi connectivity index (χ0v) is 14.7. The van der Waals surface area contributed by atoms with Gasteiger partial charge in [0.15, 0.2) is 0 Å². The van der Waals surface area contributed by atoms with Gasteiger partial charge in [0.1, 0.15) is 5.01 Å². The van der Waals surface area contributed by atoms with Crippen LogP contribution in [0, 0.1) is 5.41 Å². The minimum atomic E-state index is 0.563. The monoisotopic (exact) mass is 332 g/mol. The van der Waals surface area contributed by atoms with Crippen molar-refractivity contribution in [2.45, 2.75) is 38.4 Å². The Labute approximate surface area is 141 Å². The highest BCUT2D eigenvalue weighted by Gasteiger charge is 2.56. The largest absolute Gasteiger partial charge is 0.297 e. The van der Waals surface area contributed by atoms with Crippen molar-refractivity contribution in [2.24, 2.45) is 12.5 Å². The van der Waals surface area contributed by atoms with Crippen LogP contribution >= 0.6 is 11.3 Å². The maximum Gasteiger partial charge on any atom is 0.107 e. The highest BCUT2D eigenvalue weighted by Crippen LogP contribution is 2.56. The van der Waals surface area contributed by atoms with E-state index in [4.69, 9.17) is 0 Å². The van der Waals surface area contributed by atoms with Gasteiger partial charge in [-0.15, -0.1) is 16.4 Å². The molecule has 1 saturated heterocycles. The van der Waals surface area contributed by atoms with E-state index in [0.717, 1.165) is 19.1 Å². The lowest BCUT2D eigenvalue weighted by Crippen LogP contribution is -2.37. The summed E-state index contributed by atoms with van der Waals surface area (Å²) in [6.07, 6.45) is 7.76. The number of likely N-dealkylation sites (tertiary alicyclic amines) is 1. The average Bonchev–Trinajstić information content (AvgIpc) is 2.88. The first kappa shape index (κ1) is 15.2. The molecule has 2 fully saturated rings. The minimum absolute atomic E-state index is 0.563. The normalized spacial score (nSPS) is 23.7. The Morgan fingerprint density at radius 1 is 1.39 bits per heavy atom. The van der Waals surface area contributed by atoms with Gasteiger partial charge in [-0.1, -0.05) is 5.21 Å². The number of hydrogen-bond acceptors (Lipinski definition) is 6. The molecule has 6 nitrogen and oxygen atoms in total. The van der Waals surface area contributed by atoms with E-state index < -0.39 is 0 Å². The molecule has 0 amide bonds. The third-order valence-electron chi connectivity index (χ3n) is 5.59. The molecule has 124 valence electrons. The van der Waals surface area contributed by atoms with Gasteiger partial charge in [0.25, 0.3) is 0 Å². The molecule has 3 heterocycles. The molecular formula is C16H24N6S. The van der Waals surface area contributed by atoms with Crippen molar-refractivity contribution < 1.29 is 0 Å². The maximum atomic E-state index is 4.42. The van der Waals surface area contributed by atoms with E-state index in [-0.39, 0.29) is 0 Å². The Hall–Kier alpha value is -1.31. The van der Waals surface area contributed by atoms with Crippen LogP contribution in [0.15, 0.2) is 17.8 Å². The first-order valence-corrected chi connectivity index (χ1v) is 9.19. The summed E-state index contributed by atoms with van der Waals surface area (Å²) in [5, 5.41) is 11.3. The van der Waals surface area contributed by atoms with E-state index in [2.05, 4.69) is 37.5 Å². The number of rotatable bonds is 5. The lowest BCUT2D eigenvalue weighted by molar-refractivity contribution is 0.137. The predicted molar refractivity (Wildman–Crippen MR) is 89.9 cm³/mol. The fourth-order valence-corrected chi connectivity index (χ4v) is 4.66. The first-order valence-electron chi connectivity index (χ1n) is 8.31. The molecule has 1 spiro atoms. The molecule has 0 bridgehead atoms. The average molecular weight is 332 g/mol. The van der Waals surface area contributed by atoms with Crippen molar-refractivity contribution in [3.8, 4) is 0 Å². The Morgan fingerprint density at radius 3 is 2.87 bits per heavy atom. The Morgan fingerprint density at radius 2 is 2.22 bits per heavy atom. The maximum absolute atomic E-state index is 4.42. The number of piperidine rings is 1. The van der Waals surface area contributed by atoms with E-state index in [9.17, 15) is 0 Å². The van der Waals surface area contributed by atoms with Gasteiger partial charge >= 0.3 is 0 Å². The van der Waals surface area contributed by atoms with Gasteiger partial charge in [0.2, 0.25) is 0 Å². The van der Waals surface area contributed by atoms with Crippen LogP contribution in [0.2, 0.25) is 0 Å². The second kappa shape index (κ2) is 5.96. The van der Waals surface area contributed by atoms with Crippen molar-refractivity contribution in [2.75, 3.05) is 20.1 Å². The van der Waals surface area contributed by atoms with E-state index in [1.807, 2.05) is 24.1 Å². The van der Waals surface area contributed by atoms with Gasteiger partial charge in [-0.25, -0.2) is 4.98 Å². The minimum Gasteiger partial charge on any atom is -0.297 e. The summed E-state index contributed by atoms with van der Waals surface area (Å²) in [5.41, 5.74) is 1.77. The van der Waals surface area contributed by atoms with Gasteiger partial charge in [-0.05, 0) is 44.8 Å². The number of aromatic nitrogens is 4. The summed E-state index contributed by atoms with van der Waals surface area (Å²) in [6, 6.07) is 0.743. The highest BCUT2D eigenvalue weighted by atomic mass is 32.1. The summed E-state index contributed by atoms with van der Waals surface area (Å²) >= 11 is 1.76. The lowest BCUT2D eigenvalue weighted by atomic mass is 9.92. The molecule has 0 N–H and O–H groups in total. The van der Waals surface area contributed by atoms with Crippen LogP contribution < -0.4 is 0 Å². The number of thiazole rings is 1. The highest BCUT2D eigenvalue weighted by molar-refractivity contribution is 7.09. The Balaban J connectivity index is 1.29. The predicted octanol–water partition coefficient (Wildman–Crippen LogP) is 1.76. The van der Waals surface area contributed by atoms with Crippen molar-refractivity contribution in [3.63, 3.8) is 0 Å². The molecule has 2 aliphatic rings. The number of aryl methyl sites for hydroxylation is 1. The molecule has 0 radical (unpaired) electrons. The van der Waals surface area contributed by atoms with Gasteiger partial charge in [-0.3, -0.25) is 14.5 Å². The summed E-state index contributed by atoms with van der Waals surface area (Å²) < 4.78 is 1.88. The lowest BCUT2D eigenvalue weighted by Gasteiger charge is -2.33. The Bertz CT molecular complexity index is 643. The quantitative estimate of drug-likeness (QED) is 0.835. The molecule has 1 aliphatic heterocycles. The first-order chi connectivity index (χ1) is 11.2. The molecule has 7 heteroatoms. The van der Waals surface area contributed by atoms with Crippen LogP contribution in [0.5, 0.6) is 0 Å². The van der Waals surface area contributed by atoms with E-state index >= 15 is 0 Å². The molecule has 2 aromatic heterocycles. The van der Waals surface area contributed by atoms with Crippen molar-refractivity contribution in [1.82, 2.24) is 29.8 Å². The molecule has 1 saturated carbocycles. The van der Waals surface area contributed by atoms with E-state index in [1.54, 1.807) is 11.3 Å². The number of nitrogens with zero attached hydrogens (tertiary/aromatic N) is 6. The molecule has 0 aromatic carbocycles. The Kier molecular flexibility index (Phi) is 3.95. The van der Waals surface area contributed by atoms with E-state index in [1.165, 1.54) is 43.1 Å². The topological polar surface area (TPSA) is 50.1 Å². The van der Waals surface area contributed by atoms with Crippen LogP contribution in [0.3, 0.4) is 0 Å². The van der Waals surface area contributed by atoms with Crippen LogP contribution in [-0.2, 0) is 20.1 Å². The summed E-state index contributed by atoms with van der Waals surface area (Å²) in [4.78, 5) is 9.47. The van der Waals surface area contributed by atoms with Crippen LogP contribution in [0.25, 0.3) is 0 Å². The van der Waals surface area contributed by atoms with Gasteiger partial charge < -0.3 is 0 Å². The van der Waals surface area contributed by atoms with E-state index in [0.29, 0.717) is 5.41 Å². The van der Waals surface area contributed by atoms with Crippen molar-refractivity contribution in [1.29, 1.82) is 0 Å². The smallest absolute Gasteiger partial charge is 0.107 e. The van der Waals surface area contributed by atoms with Gasteiger partial charge in [0.05, 0.1) is 18.4 Å². The number of hydrogen-bond donors (Lipinski definition) is 0. The third kappa shape index (κ3) is 3.05. The molecule has 4 rings (SSSR count). The van der Waals surface area contributed by atoms with Gasteiger partial charge in [0, 0.05) is 31.2 Å². The summed E-state index contributed by atoms with van der Waals surface area (Å²) in [7, 11) is 4.23. The second-order valence-corrected chi connectivity index (χ2v) is 8.03. The summed E-state index contributed by atoms with van der Waals surface area (Å²) in [5.74, 6) is 0. The third-order valence-corrected chi connectivity index (χ3v) is 6.36. The van der Waals surface area contributed by atoms with Crippen molar-refractivity contribution >= 4 is 11.3 Å². The van der Waals surface area contributed by atoms with Crippen LogP contribution in [0.4, 0.5) is 0 Å². The molecule has 2 aromatic rings. The zero-order valence-electron chi connectivity index (χ0n) is 13.9. The standard InChI is InChI=1S/C16H24N6S/c1-20(12-15-17-5-8-23-15)14-9-16(14)3-6-22(7-4-16)11-13-10-18-19-21(13)2/h5,8,10,14H,3-4,6-7,9,11-12H2,1-2H3/t14-/m1/s1. The fraction of sp³-hybridized carbons (Fsp3) is 0.688. The molecule has 0 unspecified atom stereocenters. The van der Waals surface area contributed by atoms with Crippen LogP contribution in [0.1, 0.15) is 30.0 Å². The second-order valence-electron chi connectivity index (χ2n) is 7.05. The molecular weight excluding hydrogens is 308 g/mol. The SMILES string of the molecule is CN(Cc1nccs1)[C@@H]1CC12CCN(Cc1cnnn1C)CC2. The van der Waals surface area contributed by atoms with Gasteiger partial charge in [-0.2, -0.15) is 0 Å². The summed E-state index contributed by atoms with van der Waals surface area (Å²) in [6.45, 7) is 4.34. The molecule has 1 aliphatic carbocycles. The molecule has 1 atom stereocenters. The van der Waals surface area contributed by atoms with Crippen LogP contribution in [-0.4, -0.2) is 56.0 Å². The molecule has 23 heavy (non-hydrogen) atoms.